The molecule has 0 radical (unpaired) electrons. The summed E-state index contributed by atoms with van der Waals surface area (Å²) in [6.45, 7) is 13.4. The molecule has 9 heteroatoms. The minimum Gasteiger partial charge on any atom is -0.597 e. The number of carboxylic acid groups (broad SMARTS) is 1. The van der Waals surface area contributed by atoms with E-state index in [-0.39, 0.29) is 16.8 Å². The molecule has 7 rings (SSSR count). The van der Waals surface area contributed by atoms with Gasteiger partial charge in [0.1, 0.15) is 21.8 Å². The van der Waals surface area contributed by atoms with E-state index in [1.54, 1.807) is 6.07 Å². The molecule has 0 aliphatic carbocycles. The van der Waals surface area contributed by atoms with Crippen LogP contribution < -0.4 is 10.4 Å². The first-order valence-electron chi connectivity index (χ1n) is 18.1. The predicted octanol–water partition coefficient (Wildman–Crippen LogP) is 9.15. The van der Waals surface area contributed by atoms with Crippen LogP contribution in [-0.2, 0) is 22.3 Å². The molecular weight excluding hydrogens is 697 g/mol. The fraction of sp³-hybridized carbons (Fsp3) is 0.273. The molecule has 4 aromatic carbocycles. The molecule has 0 saturated carbocycles. The van der Waals surface area contributed by atoms with Crippen molar-refractivity contribution in [2.45, 2.75) is 70.3 Å². The van der Waals surface area contributed by atoms with Crippen LogP contribution in [0.1, 0.15) is 75.6 Å². The summed E-state index contributed by atoms with van der Waals surface area (Å²) in [6, 6.07) is 40.2. The summed E-state index contributed by atoms with van der Waals surface area (Å²) in [5.74, 6) is -0.394. The molecule has 0 amide bonds. The average Bonchev–Trinajstić information content (AvgIpc) is 3.74. The van der Waals surface area contributed by atoms with Crippen LogP contribution in [0, 0.1) is 0 Å². The Morgan fingerprint density at radius 2 is 1.49 bits per heavy atom. The third-order valence-corrected chi connectivity index (χ3v) is 17.0. The van der Waals surface area contributed by atoms with Gasteiger partial charge in [0.05, 0.1) is 18.3 Å². The van der Waals surface area contributed by atoms with Crippen molar-refractivity contribution in [3.63, 3.8) is 0 Å². The number of nitrogens with zero attached hydrogens (tertiary/aromatic N) is 2. The SMILES string of the molecule is CC(C)(C)[S+]([O-])N1Cc2cc(C(=O)O)nc(-c3cccc(-c4cc5ccccc5o4)c3)c2[C@H]1CCO[Si](c1ccccc1)(c1ccccc1)C(C)(C)C. The first kappa shape index (κ1) is 36.8. The maximum atomic E-state index is 14.4. The molecule has 7 nitrogen and oxygen atoms in total. The van der Waals surface area contributed by atoms with E-state index in [9.17, 15) is 14.5 Å². The number of benzene rings is 4. The molecule has 2 atom stereocenters. The lowest BCUT2D eigenvalue weighted by atomic mass is 9.95. The second-order valence-electron chi connectivity index (χ2n) is 15.7. The summed E-state index contributed by atoms with van der Waals surface area (Å²) in [7, 11) is -2.86. The Hall–Kier alpha value is -4.51. The Morgan fingerprint density at radius 1 is 0.868 bits per heavy atom. The van der Waals surface area contributed by atoms with Gasteiger partial charge in [-0.1, -0.05) is 118 Å². The number of aromatic carboxylic acids is 1. The van der Waals surface area contributed by atoms with E-state index in [0.717, 1.165) is 33.2 Å². The average molecular weight is 743 g/mol. The number of fused-ring (bicyclic) bond motifs is 2. The predicted molar refractivity (Wildman–Crippen MR) is 216 cm³/mol. The van der Waals surface area contributed by atoms with Crippen LogP contribution in [0.4, 0.5) is 0 Å². The van der Waals surface area contributed by atoms with E-state index in [0.29, 0.717) is 31.0 Å². The van der Waals surface area contributed by atoms with E-state index < -0.39 is 30.4 Å². The third kappa shape index (κ3) is 7.00. The normalized spacial score (nSPS) is 15.8. The highest BCUT2D eigenvalue weighted by Gasteiger charge is 2.51. The summed E-state index contributed by atoms with van der Waals surface area (Å²) < 4.78 is 29.4. The number of furan rings is 1. The summed E-state index contributed by atoms with van der Waals surface area (Å²) in [4.78, 5) is 17.3. The van der Waals surface area contributed by atoms with Gasteiger partial charge in [-0.2, -0.15) is 0 Å². The van der Waals surface area contributed by atoms with Crippen LogP contribution in [0.5, 0.6) is 0 Å². The first-order valence-corrected chi connectivity index (χ1v) is 21.1. The molecule has 53 heavy (non-hydrogen) atoms. The Bertz CT molecular complexity index is 2170. The highest BCUT2D eigenvalue weighted by Crippen LogP contribution is 2.46. The largest absolute Gasteiger partial charge is 0.597 e. The maximum absolute atomic E-state index is 14.4. The van der Waals surface area contributed by atoms with Gasteiger partial charge in [0.15, 0.2) is 0 Å². The van der Waals surface area contributed by atoms with E-state index in [1.807, 2.05) is 91.8 Å². The van der Waals surface area contributed by atoms with Gasteiger partial charge >= 0.3 is 5.97 Å². The van der Waals surface area contributed by atoms with Crippen molar-refractivity contribution in [1.29, 1.82) is 0 Å². The molecule has 1 N–H and O–H groups in total. The Kier molecular flexibility index (Phi) is 9.99. The molecule has 272 valence electrons. The van der Waals surface area contributed by atoms with Crippen LogP contribution in [0.2, 0.25) is 5.04 Å². The highest BCUT2D eigenvalue weighted by atomic mass is 32.2. The van der Waals surface area contributed by atoms with E-state index in [1.165, 1.54) is 10.4 Å². The Labute approximate surface area is 316 Å². The number of carbonyl (C=O) groups is 1. The third-order valence-electron chi connectivity index (χ3n) is 10.1. The number of rotatable bonds is 10. The highest BCUT2D eigenvalue weighted by molar-refractivity contribution is 7.90. The lowest BCUT2D eigenvalue weighted by Crippen LogP contribution is -2.66. The van der Waals surface area contributed by atoms with Crippen LogP contribution in [-0.4, -0.2) is 44.6 Å². The fourth-order valence-electron chi connectivity index (χ4n) is 7.71. The first-order chi connectivity index (χ1) is 25.3. The lowest BCUT2D eigenvalue weighted by Gasteiger charge is -2.43. The number of hydrogen-bond acceptors (Lipinski definition) is 6. The maximum Gasteiger partial charge on any atom is 0.354 e. The van der Waals surface area contributed by atoms with Crippen molar-refractivity contribution < 1.29 is 23.3 Å². The minimum absolute atomic E-state index is 0.0430. The molecule has 3 heterocycles. The van der Waals surface area contributed by atoms with Crippen LogP contribution >= 0.6 is 0 Å². The van der Waals surface area contributed by atoms with Gasteiger partial charge in [-0.3, -0.25) is 0 Å². The minimum atomic E-state index is -2.86. The molecule has 0 saturated heterocycles. The molecule has 1 aliphatic heterocycles. The Morgan fingerprint density at radius 3 is 2.09 bits per heavy atom. The number of hydrogen-bond donors (Lipinski definition) is 1. The zero-order valence-corrected chi connectivity index (χ0v) is 32.9. The smallest absolute Gasteiger partial charge is 0.354 e. The summed E-state index contributed by atoms with van der Waals surface area (Å²) >= 11 is -1.41. The van der Waals surface area contributed by atoms with Gasteiger partial charge in [0.25, 0.3) is 8.32 Å². The lowest BCUT2D eigenvalue weighted by molar-refractivity contribution is 0.0690. The fourth-order valence-corrected chi connectivity index (χ4v) is 13.7. The van der Waals surface area contributed by atoms with Crippen molar-refractivity contribution in [2.24, 2.45) is 0 Å². The van der Waals surface area contributed by atoms with Gasteiger partial charge in [0, 0.05) is 40.0 Å². The zero-order valence-electron chi connectivity index (χ0n) is 31.1. The zero-order chi connectivity index (χ0) is 37.5. The molecule has 0 bridgehead atoms. The van der Waals surface area contributed by atoms with Crippen molar-refractivity contribution >= 4 is 47.0 Å². The number of para-hydroxylation sites is 1. The summed E-state index contributed by atoms with van der Waals surface area (Å²) in [6.07, 6.45) is 0.531. The number of carboxylic acids is 1. The second kappa shape index (κ2) is 14.4. The van der Waals surface area contributed by atoms with Crippen LogP contribution in [0.25, 0.3) is 33.6 Å². The standard InChI is InChI=1S/C44H46N2O5SSi/c1-43(2,3)52(49)46-29-33-27-36(42(47)48)45-41(32-18-15-17-30(26-32)39-28-31-16-13-14-23-38(31)51-39)40(33)37(46)24-25-50-53(44(4,5)6,34-19-9-7-10-20-34)35-21-11-8-12-22-35/h7-23,26-28,37H,24-25,29H2,1-6H3,(H,47,48)/t37-,52?/m1/s1. The van der Waals surface area contributed by atoms with Crippen LogP contribution in [0.15, 0.2) is 126 Å². The van der Waals surface area contributed by atoms with Crippen molar-refractivity contribution in [3.05, 3.63) is 138 Å². The summed E-state index contributed by atoms with van der Waals surface area (Å²) in [5.41, 5.74) is 4.65. The molecule has 0 spiro atoms. The van der Waals surface area contributed by atoms with Crippen molar-refractivity contribution in [3.8, 4) is 22.6 Å². The molecule has 1 aliphatic rings. The molecule has 1 unspecified atom stereocenters. The van der Waals surface area contributed by atoms with Crippen molar-refractivity contribution in [2.75, 3.05) is 6.61 Å². The van der Waals surface area contributed by atoms with E-state index in [4.69, 9.17) is 13.8 Å². The van der Waals surface area contributed by atoms with Crippen LogP contribution in [0.3, 0.4) is 0 Å². The topological polar surface area (TPSA) is 98.9 Å². The van der Waals surface area contributed by atoms with E-state index >= 15 is 0 Å². The van der Waals surface area contributed by atoms with Gasteiger partial charge < -0.3 is 18.5 Å². The monoisotopic (exact) mass is 742 g/mol. The Balaban J connectivity index is 1.33. The number of aromatic nitrogens is 1. The quantitative estimate of drug-likeness (QED) is 0.110. The molecule has 2 aromatic heterocycles. The molecule has 6 aromatic rings. The molecular formula is C44H46N2O5SSi. The van der Waals surface area contributed by atoms with Gasteiger partial charge in [-0.25, -0.2) is 9.78 Å². The van der Waals surface area contributed by atoms with Gasteiger partial charge in [-0.15, -0.1) is 4.31 Å². The van der Waals surface area contributed by atoms with Gasteiger partial charge in [-0.05, 0) is 72.4 Å². The van der Waals surface area contributed by atoms with E-state index in [2.05, 4.69) is 69.3 Å². The second-order valence-corrected chi connectivity index (χ2v) is 22.2. The van der Waals surface area contributed by atoms with Gasteiger partial charge in [0.2, 0.25) is 0 Å². The molecule has 0 fully saturated rings. The summed E-state index contributed by atoms with van der Waals surface area (Å²) in [5, 5.41) is 13.4. The van der Waals surface area contributed by atoms with Crippen molar-refractivity contribution in [1.82, 2.24) is 9.29 Å². The number of pyridine rings is 1.